The maximum atomic E-state index is 11.5. The van der Waals surface area contributed by atoms with Crippen LogP contribution >= 0.6 is 0 Å². The van der Waals surface area contributed by atoms with E-state index >= 15 is 0 Å². The van der Waals surface area contributed by atoms with Gasteiger partial charge in [-0.15, -0.1) is 0 Å². The Bertz CT molecular complexity index is 1070. The number of sulfone groups is 1. The summed E-state index contributed by atoms with van der Waals surface area (Å²) in [6.45, 7) is 6.30. The van der Waals surface area contributed by atoms with Gasteiger partial charge in [0.25, 0.3) is 0 Å². The molecule has 0 bridgehead atoms. The smallest absolute Gasteiger partial charge is 0.328 e. The molecule has 0 aromatic heterocycles. The van der Waals surface area contributed by atoms with Gasteiger partial charge in [0.15, 0.2) is 9.84 Å². The number of hydrogen-bond acceptors (Lipinski definition) is 7. The van der Waals surface area contributed by atoms with Crippen LogP contribution in [-0.2, 0) is 19.4 Å². The van der Waals surface area contributed by atoms with Crippen LogP contribution in [0.15, 0.2) is 65.6 Å². The third kappa shape index (κ3) is 8.97. The number of rotatable bonds is 7. The Morgan fingerprint density at radius 3 is 1.85 bits per heavy atom. The molecule has 0 spiro atoms. The van der Waals surface area contributed by atoms with Gasteiger partial charge in [-0.1, -0.05) is 29.8 Å². The second kappa shape index (κ2) is 12.3. The molecule has 1 fully saturated rings. The number of hydrogen-bond donors (Lipinski definition) is 3. The molecule has 9 nitrogen and oxygen atoms in total. The molecule has 0 aliphatic carbocycles. The molecule has 1 heterocycles. The highest BCUT2D eigenvalue weighted by molar-refractivity contribution is 7.90. The van der Waals surface area contributed by atoms with Crippen molar-refractivity contribution in [1.82, 2.24) is 4.90 Å². The first-order valence-corrected chi connectivity index (χ1v) is 12.5. The first kappa shape index (κ1) is 27.0. The molecule has 0 saturated carbocycles. The Morgan fingerprint density at radius 2 is 1.41 bits per heavy atom. The van der Waals surface area contributed by atoms with Gasteiger partial charge in [-0.3, -0.25) is 4.90 Å². The number of carboxylic acid groups (broad SMARTS) is 2. The molecule has 3 N–H and O–H groups in total. The van der Waals surface area contributed by atoms with Gasteiger partial charge in [-0.2, -0.15) is 0 Å². The molecule has 1 atom stereocenters. The fraction of sp³-hybridized carbons (Fsp3) is 0.333. The van der Waals surface area contributed by atoms with Crippen molar-refractivity contribution >= 4 is 27.5 Å². The molecule has 1 saturated heterocycles. The fourth-order valence-corrected chi connectivity index (χ4v) is 4.00. The summed E-state index contributed by atoms with van der Waals surface area (Å²) in [6.07, 6.45) is 1.69. The lowest BCUT2D eigenvalue weighted by atomic mass is 10.1. The summed E-state index contributed by atoms with van der Waals surface area (Å²) in [7, 11) is -3.21. The van der Waals surface area contributed by atoms with Crippen molar-refractivity contribution in [2.75, 3.05) is 43.9 Å². The summed E-state index contributed by atoms with van der Waals surface area (Å²) in [4.78, 5) is 24.0. The normalized spacial score (nSPS) is 15.4. The number of aliphatic carboxylic acids is 2. The summed E-state index contributed by atoms with van der Waals surface area (Å²) in [5.41, 5.74) is 3.25. The number of aryl methyl sites for hydroxylation is 1. The minimum atomic E-state index is -3.21. The standard InChI is InChI=1S/C20H26N2O3S.C4H4O4/c1-16-3-7-18(8-4-16)22-13-11-21(12-14-22)15-20(23)17-5-9-19(10-6-17)26(2,24)25;5-3(6)1-2-4(7)8/h3-10,20,23H,11-15H2,1-2H3;1-2H,(H,5,6)(H,7,8)/b;2-1-. The fourth-order valence-electron chi connectivity index (χ4n) is 3.37. The van der Waals surface area contributed by atoms with Crippen LogP contribution in [0, 0.1) is 6.92 Å². The first-order valence-electron chi connectivity index (χ1n) is 10.6. The summed E-state index contributed by atoms with van der Waals surface area (Å²) in [5, 5.41) is 26.1. The molecule has 1 aliphatic rings. The van der Waals surface area contributed by atoms with Crippen LogP contribution in [0.1, 0.15) is 17.2 Å². The number of carbonyl (C=O) groups is 2. The quantitative estimate of drug-likeness (QED) is 0.498. The lowest BCUT2D eigenvalue weighted by Gasteiger charge is -2.37. The predicted molar refractivity (Wildman–Crippen MR) is 129 cm³/mol. The largest absolute Gasteiger partial charge is 0.478 e. The second-order valence-electron chi connectivity index (χ2n) is 7.99. The molecule has 2 aromatic carbocycles. The van der Waals surface area contributed by atoms with E-state index in [4.69, 9.17) is 10.2 Å². The highest BCUT2D eigenvalue weighted by Gasteiger charge is 2.20. The number of piperazine rings is 1. The van der Waals surface area contributed by atoms with E-state index in [1.165, 1.54) is 17.5 Å². The van der Waals surface area contributed by atoms with Crippen LogP contribution in [0.5, 0.6) is 0 Å². The molecule has 0 amide bonds. The summed E-state index contributed by atoms with van der Waals surface area (Å²) < 4.78 is 23.0. The van der Waals surface area contributed by atoms with Crippen LogP contribution in [0.3, 0.4) is 0 Å². The number of anilines is 1. The third-order valence-corrected chi connectivity index (χ3v) is 6.39. The van der Waals surface area contributed by atoms with Crippen molar-refractivity contribution in [2.24, 2.45) is 0 Å². The maximum absolute atomic E-state index is 11.5. The number of benzene rings is 2. The van der Waals surface area contributed by atoms with Gasteiger partial charge in [0.2, 0.25) is 0 Å². The van der Waals surface area contributed by atoms with Crippen LogP contribution in [-0.4, -0.2) is 79.6 Å². The average Bonchev–Trinajstić information content (AvgIpc) is 2.79. The van der Waals surface area contributed by atoms with E-state index in [0.717, 1.165) is 31.7 Å². The van der Waals surface area contributed by atoms with Crippen LogP contribution in [0.2, 0.25) is 0 Å². The van der Waals surface area contributed by atoms with E-state index in [1.807, 2.05) is 0 Å². The van der Waals surface area contributed by atoms with Crippen LogP contribution < -0.4 is 4.90 Å². The molecule has 184 valence electrons. The van der Waals surface area contributed by atoms with Crippen molar-refractivity contribution in [2.45, 2.75) is 17.9 Å². The van der Waals surface area contributed by atoms with Gasteiger partial charge in [0.1, 0.15) is 0 Å². The Kier molecular flexibility index (Phi) is 9.79. The molecule has 34 heavy (non-hydrogen) atoms. The predicted octanol–water partition coefficient (Wildman–Crippen LogP) is 1.97. The molecular weight excluding hydrogens is 460 g/mol. The van der Waals surface area contributed by atoms with Crippen LogP contribution in [0.4, 0.5) is 5.69 Å². The summed E-state index contributed by atoms with van der Waals surface area (Å²) in [6, 6.07) is 15.1. The Morgan fingerprint density at radius 1 is 0.912 bits per heavy atom. The highest BCUT2D eigenvalue weighted by atomic mass is 32.2. The second-order valence-corrected chi connectivity index (χ2v) is 10.0. The van der Waals surface area contributed by atoms with E-state index in [2.05, 4.69) is 41.0 Å². The van der Waals surface area contributed by atoms with E-state index in [1.54, 1.807) is 24.3 Å². The summed E-state index contributed by atoms with van der Waals surface area (Å²) >= 11 is 0. The van der Waals surface area contributed by atoms with Crippen LogP contribution in [0.25, 0.3) is 0 Å². The molecule has 1 unspecified atom stereocenters. The Labute approximate surface area is 199 Å². The zero-order valence-electron chi connectivity index (χ0n) is 19.2. The third-order valence-electron chi connectivity index (χ3n) is 5.26. The number of aliphatic hydroxyl groups is 1. The van der Waals surface area contributed by atoms with Crippen molar-refractivity contribution in [3.63, 3.8) is 0 Å². The van der Waals surface area contributed by atoms with Gasteiger partial charge in [-0.05, 0) is 36.8 Å². The van der Waals surface area contributed by atoms with Crippen molar-refractivity contribution in [3.05, 3.63) is 71.8 Å². The van der Waals surface area contributed by atoms with Crippen molar-refractivity contribution < 1.29 is 33.3 Å². The molecule has 1 aliphatic heterocycles. The topological polar surface area (TPSA) is 135 Å². The Balaban J connectivity index is 0.000000440. The molecular formula is C24H30N2O7S. The van der Waals surface area contributed by atoms with Gasteiger partial charge in [-0.25, -0.2) is 18.0 Å². The van der Waals surface area contributed by atoms with E-state index in [0.29, 0.717) is 18.7 Å². The lowest BCUT2D eigenvalue weighted by Crippen LogP contribution is -2.47. The minimum Gasteiger partial charge on any atom is -0.478 e. The van der Waals surface area contributed by atoms with Gasteiger partial charge < -0.3 is 20.2 Å². The zero-order valence-corrected chi connectivity index (χ0v) is 20.0. The average molecular weight is 491 g/mol. The minimum absolute atomic E-state index is 0.278. The van der Waals surface area contributed by atoms with E-state index < -0.39 is 27.9 Å². The van der Waals surface area contributed by atoms with Crippen molar-refractivity contribution in [1.29, 1.82) is 0 Å². The SMILES string of the molecule is Cc1ccc(N2CCN(CC(O)c3ccc(S(C)(=O)=O)cc3)CC2)cc1.O=C(O)/C=C\C(=O)O. The number of aliphatic hydroxyl groups excluding tert-OH is 1. The molecule has 0 radical (unpaired) electrons. The van der Waals surface area contributed by atoms with Crippen molar-refractivity contribution in [3.8, 4) is 0 Å². The van der Waals surface area contributed by atoms with Gasteiger partial charge in [0.05, 0.1) is 11.0 Å². The first-order chi connectivity index (χ1) is 16.0. The Hall–Kier alpha value is -3.21. The number of carboxylic acids is 2. The van der Waals surface area contributed by atoms with E-state index in [-0.39, 0.29) is 4.90 Å². The van der Waals surface area contributed by atoms with E-state index in [9.17, 15) is 23.1 Å². The maximum Gasteiger partial charge on any atom is 0.328 e. The number of nitrogens with zero attached hydrogens (tertiary/aromatic N) is 2. The highest BCUT2D eigenvalue weighted by Crippen LogP contribution is 2.20. The monoisotopic (exact) mass is 490 g/mol. The van der Waals surface area contributed by atoms with Gasteiger partial charge in [0, 0.05) is 56.8 Å². The molecule has 2 aromatic rings. The number of β-amino-alcohol motifs (C(OH)–C–C–N with tert-alkyl or cyclic N) is 1. The van der Waals surface area contributed by atoms with Gasteiger partial charge >= 0.3 is 11.9 Å². The summed E-state index contributed by atoms with van der Waals surface area (Å²) in [5.74, 6) is -2.51. The lowest BCUT2D eigenvalue weighted by molar-refractivity contribution is -0.134. The molecule has 3 rings (SSSR count). The zero-order chi connectivity index (χ0) is 25.3. The molecule has 10 heteroatoms.